The van der Waals surface area contributed by atoms with Crippen LogP contribution in [0.1, 0.15) is 47.6 Å². The van der Waals surface area contributed by atoms with Gasteiger partial charge in [0.25, 0.3) is 0 Å². The number of phenols is 2. The van der Waals surface area contributed by atoms with Gasteiger partial charge in [0.05, 0.1) is 19.8 Å². The molecule has 184 valence electrons. The third-order valence-electron chi connectivity index (χ3n) is 7.02. The minimum atomic E-state index is -0.802. The molecule has 7 nitrogen and oxygen atoms in total. The quantitative estimate of drug-likeness (QED) is 0.420. The summed E-state index contributed by atoms with van der Waals surface area (Å²) in [6, 6.07) is 12.1. The maximum absolute atomic E-state index is 11.2. The van der Waals surface area contributed by atoms with Gasteiger partial charge in [-0.3, -0.25) is 0 Å². The molecule has 1 aliphatic carbocycles. The first-order chi connectivity index (χ1) is 16.9. The van der Waals surface area contributed by atoms with Gasteiger partial charge in [-0.2, -0.15) is 0 Å². The fraction of sp³-hybridized carbons (Fsp3) is 0.357. The summed E-state index contributed by atoms with van der Waals surface area (Å²) in [5.74, 6) is 1.96. The molecule has 0 amide bonds. The van der Waals surface area contributed by atoms with Crippen LogP contribution in [-0.2, 0) is 12.8 Å². The average Bonchev–Trinajstić information content (AvgIpc) is 2.86. The number of aromatic hydroxyl groups is 2. The van der Waals surface area contributed by atoms with Crippen molar-refractivity contribution >= 4 is 0 Å². The summed E-state index contributed by atoms with van der Waals surface area (Å²) in [6.07, 6.45) is 0.581. The van der Waals surface area contributed by atoms with Gasteiger partial charge in [0, 0.05) is 23.6 Å². The lowest BCUT2D eigenvalue weighted by molar-refractivity contribution is 0.0200. The smallest absolute Gasteiger partial charge is 0.160 e. The normalized spacial score (nSPS) is 20.3. The standard InChI is InChI=1S/C28H30O7/c1-3-15-10-17-11-18(30)5-6-19(17)27-25(34-9-8-29)14-23-20(26(15)27)13-22(32)28(35-23)16-4-7-21(31)24(12-16)33-2/h4-7,11-12,14-15,22,28-32H,3,8-10,13H2,1-2H3/t15-,22-,28-/m1/s1. The maximum atomic E-state index is 11.2. The van der Waals surface area contributed by atoms with E-state index in [-0.39, 0.29) is 30.6 Å². The van der Waals surface area contributed by atoms with Gasteiger partial charge in [0.2, 0.25) is 0 Å². The zero-order valence-electron chi connectivity index (χ0n) is 19.8. The number of rotatable bonds is 6. The van der Waals surface area contributed by atoms with E-state index in [1.807, 2.05) is 12.1 Å². The van der Waals surface area contributed by atoms with E-state index < -0.39 is 12.2 Å². The van der Waals surface area contributed by atoms with E-state index >= 15 is 0 Å². The number of aliphatic hydroxyl groups is 2. The van der Waals surface area contributed by atoms with Gasteiger partial charge in [-0.1, -0.05) is 19.1 Å². The van der Waals surface area contributed by atoms with Crippen LogP contribution in [0, 0.1) is 0 Å². The molecular formula is C28H30O7. The molecule has 0 spiro atoms. The number of methoxy groups -OCH3 is 1. The Morgan fingerprint density at radius 2 is 1.86 bits per heavy atom. The Morgan fingerprint density at radius 1 is 1.03 bits per heavy atom. The first kappa shape index (κ1) is 23.3. The fourth-order valence-electron chi connectivity index (χ4n) is 5.41. The topological polar surface area (TPSA) is 109 Å². The summed E-state index contributed by atoms with van der Waals surface area (Å²) in [5, 5.41) is 40.7. The molecule has 0 unspecified atom stereocenters. The zero-order chi connectivity index (χ0) is 24.7. The highest BCUT2D eigenvalue weighted by Gasteiger charge is 2.37. The van der Waals surface area contributed by atoms with Crippen molar-refractivity contribution in [2.24, 2.45) is 0 Å². The number of hydrogen-bond donors (Lipinski definition) is 4. The van der Waals surface area contributed by atoms with Crippen molar-refractivity contribution in [1.82, 2.24) is 0 Å². The van der Waals surface area contributed by atoms with Gasteiger partial charge in [-0.15, -0.1) is 0 Å². The van der Waals surface area contributed by atoms with Crippen molar-refractivity contribution in [1.29, 1.82) is 0 Å². The van der Waals surface area contributed by atoms with Gasteiger partial charge in [0.1, 0.15) is 30.0 Å². The van der Waals surface area contributed by atoms with Crippen LogP contribution in [0.25, 0.3) is 11.1 Å². The Labute approximate surface area is 204 Å². The number of phenolic OH excluding ortho intramolecular Hbond substituents is 2. The third kappa shape index (κ3) is 4.05. The van der Waals surface area contributed by atoms with Crippen molar-refractivity contribution in [2.75, 3.05) is 20.3 Å². The lowest BCUT2D eigenvalue weighted by Crippen LogP contribution is -2.32. The predicted octanol–water partition coefficient (Wildman–Crippen LogP) is 4.23. The molecule has 1 heterocycles. The molecule has 35 heavy (non-hydrogen) atoms. The highest BCUT2D eigenvalue weighted by molar-refractivity contribution is 5.83. The Balaban J connectivity index is 1.66. The Morgan fingerprint density at radius 3 is 2.60 bits per heavy atom. The second-order valence-corrected chi connectivity index (χ2v) is 9.10. The summed E-state index contributed by atoms with van der Waals surface area (Å²) in [6.45, 7) is 2.14. The minimum Gasteiger partial charge on any atom is -0.508 e. The van der Waals surface area contributed by atoms with E-state index in [9.17, 15) is 20.4 Å². The third-order valence-corrected chi connectivity index (χ3v) is 7.02. The van der Waals surface area contributed by atoms with Gasteiger partial charge in [-0.05, 0) is 65.3 Å². The molecule has 0 fully saturated rings. The molecule has 3 atom stereocenters. The molecule has 4 N–H and O–H groups in total. The number of hydrogen-bond acceptors (Lipinski definition) is 7. The highest BCUT2D eigenvalue weighted by atomic mass is 16.5. The number of aliphatic hydroxyl groups excluding tert-OH is 2. The van der Waals surface area contributed by atoms with Crippen LogP contribution < -0.4 is 14.2 Å². The number of benzene rings is 3. The van der Waals surface area contributed by atoms with Crippen molar-refractivity contribution < 1.29 is 34.6 Å². The van der Waals surface area contributed by atoms with Crippen LogP contribution in [0.2, 0.25) is 0 Å². The van der Waals surface area contributed by atoms with Crippen molar-refractivity contribution in [2.45, 2.75) is 44.3 Å². The van der Waals surface area contributed by atoms with Crippen molar-refractivity contribution in [3.8, 4) is 39.9 Å². The second-order valence-electron chi connectivity index (χ2n) is 9.10. The monoisotopic (exact) mass is 478 g/mol. The largest absolute Gasteiger partial charge is 0.508 e. The number of ether oxygens (including phenoxy) is 3. The lowest BCUT2D eigenvalue weighted by atomic mass is 9.73. The molecule has 0 radical (unpaired) electrons. The maximum Gasteiger partial charge on any atom is 0.160 e. The van der Waals surface area contributed by atoms with Crippen molar-refractivity contribution in [3.63, 3.8) is 0 Å². The Kier molecular flexibility index (Phi) is 6.21. The average molecular weight is 479 g/mol. The first-order valence-corrected chi connectivity index (χ1v) is 11.9. The van der Waals surface area contributed by atoms with E-state index in [0.29, 0.717) is 29.2 Å². The Hall–Kier alpha value is -3.42. The zero-order valence-corrected chi connectivity index (χ0v) is 19.8. The minimum absolute atomic E-state index is 0.0196. The summed E-state index contributed by atoms with van der Waals surface area (Å²) >= 11 is 0. The highest BCUT2D eigenvalue weighted by Crippen LogP contribution is 2.53. The van der Waals surface area contributed by atoms with Crippen LogP contribution in [0.5, 0.6) is 28.7 Å². The van der Waals surface area contributed by atoms with Crippen LogP contribution in [0.3, 0.4) is 0 Å². The predicted molar refractivity (Wildman–Crippen MR) is 131 cm³/mol. The summed E-state index contributed by atoms with van der Waals surface area (Å²) in [4.78, 5) is 0. The summed E-state index contributed by atoms with van der Waals surface area (Å²) in [5.41, 5.74) is 5.71. The SMILES string of the molecule is CC[C@@H]1Cc2cc(O)ccc2-c2c(OCCO)cc3c(c21)C[C@@H](O)[C@@H](c1ccc(O)c(OC)c1)O3. The van der Waals surface area contributed by atoms with Gasteiger partial charge in [-0.25, -0.2) is 0 Å². The van der Waals surface area contributed by atoms with Gasteiger partial charge >= 0.3 is 0 Å². The number of fused-ring (bicyclic) bond motifs is 5. The first-order valence-electron chi connectivity index (χ1n) is 11.9. The van der Waals surface area contributed by atoms with E-state index in [2.05, 4.69) is 6.92 Å². The van der Waals surface area contributed by atoms with E-state index in [1.165, 1.54) is 13.2 Å². The summed E-state index contributed by atoms with van der Waals surface area (Å²) < 4.78 is 17.6. The molecule has 0 aromatic heterocycles. The van der Waals surface area contributed by atoms with Crippen molar-refractivity contribution in [3.05, 3.63) is 64.7 Å². The van der Waals surface area contributed by atoms with Gasteiger partial charge in [0.15, 0.2) is 11.5 Å². The second kappa shape index (κ2) is 9.32. The molecule has 0 saturated heterocycles. The molecule has 5 rings (SSSR count). The molecule has 0 bridgehead atoms. The van der Waals surface area contributed by atoms with E-state index in [1.54, 1.807) is 24.3 Å². The molecule has 7 heteroatoms. The molecule has 3 aromatic carbocycles. The Bertz CT molecular complexity index is 1250. The van der Waals surface area contributed by atoms with E-state index in [0.717, 1.165) is 40.7 Å². The van der Waals surface area contributed by atoms with E-state index in [4.69, 9.17) is 14.2 Å². The van der Waals surface area contributed by atoms with Crippen LogP contribution in [0.4, 0.5) is 0 Å². The fourth-order valence-corrected chi connectivity index (χ4v) is 5.41. The molecular weight excluding hydrogens is 448 g/mol. The summed E-state index contributed by atoms with van der Waals surface area (Å²) in [7, 11) is 1.48. The van der Waals surface area contributed by atoms with Crippen LogP contribution in [-0.4, -0.2) is 46.9 Å². The molecule has 3 aromatic rings. The van der Waals surface area contributed by atoms with Crippen LogP contribution in [0.15, 0.2) is 42.5 Å². The van der Waals surface area contributed by atoms with Crippen LogP contribution >= 0.6 is 0 Å². The lowest BCUT2D eigenvalue weighted by Gasteiger charge is -2.37. The molecule has 1 aliphatic heterocycles. The van der Waals surface area contributed by atoms with Gasteiger partial charge < -0.3 is 34.6 Å². The molecule has 0 saturated carbocycles. The molecule has 2 aliphatic rings.